The second-order valence-electron chi connectivity index (χ2n) is 3.94. The lowest BCUT2D eigenvalue weighted by Gasteiger charge is -2.05. The molecule has 4 heteroatoms. The van der Waals surface area contributed by atoms with Crippen molar-refractivity contribution in [1.82, 2.24) is 9.97 Å². The number of aromatic amines is 1. The van der Waals surface area contributed by atoms with Crippen molar-refractivity contribution >= 4 is 0 Å². The molecule has 0 aliphatic heterocycles. The van der Waals surface area contributed by atoms with E-state index in [-0.39, 0.29) is 12.1 Å². The maximum absolute atomic E-state index is 11.7. The van der Waals surface area contributed by atoms with Gasteiger partial charge in [0.15, 0.2) is 0 Å². The van der Waals surface area contributed by atoms with Crippen LogP contribution in [-0.2, 0) is 13.0 Å². The van der Waals surface area contributed by atoms with Gasteiger partial charge >= 0.3 is 0 Å². The number of rotatable bonds is 3. The van der Waals surface area contributed by atoms with Crippen LogP contribution in [0.4, 0.5) is 0 Å². The fraction of sp³-hybridized carbons (Fsp3) is 0.231. The minimum absolute atomic E-state index is 0.133. The van der Waals surface area contributed by atoms with E-state index in [2.05, 4.69) is 9.97 Å². The number of nitrogens with zero attached hydrogens (tertiary/aromatic N) is 1. The van der Waals surface area contributed by atoms with Crippen molar-refractivity contribution in [3.05, 3.63) is 63.3 Å². The van der Waals surface area contributed by atoms with Gasteiger partial charge < -0.3 is 10.7 Å². The fourth-order valence-corrected chi connectivity index (χ4v) is 1.78. The molecule has 0 bridgehead atoms. The molecule has 2 rings (SSSR count). The van der Waals surface area contributed by atoms with Crippen LogP contribution in [0.5, 0.6) is 0 Å². The third-order valence-corrected chi connectivity index (χ3v) is 2.69. The number of benzene rings is 1. The van der Waals surface area contributed by atoms with Crippen molar-refractivity contribution in [3.8, 4) is 0 Å². The minimum atomic E-state index is -0.133. The quantitative estimate of drug-likeness (QED) is 0.828. The van der Waals surface area contributed by atoms with E-state index in [0.29, 0.717) is 23.5 Å². The molecule has 0 aliphatic rings. The van der Waals surface area contributed by atoms with E-state index in [1.807, 2.05) is 37.3 Å². The molecule has 1 aromatic heterocycles. The first-order valence-corrected chi connectivity index (χ1v) is 5.53. The van der Waals surface area contributed by atoms with Gasteiger partial charge in [-0.1, -0.05) is 30.3 Å². The Morgan fingerprint density at radius 2 is 2.00 bits per heavy atom. The molecule has 3 N–H and O–H groups in total. The van der Waals surface area contributed by atoms with Crippen LogP contribution in [0.1, 0.15) is 22.6 Å². The van der Waals surface area contributed by atoms with Crippen LogP contribution in [-0.4, -0.2) is 9.97 Å². The molecule has 17 heavy (non-hydrogen) atoms. The molecule has 1 aromatic carbocycles. The van der Waals surface area contributed by atoms with Gasteiger partial charge in [0, 0.05) is 18.7 Å². The molecule has 0 fully saturated rings. The zero-order valence-corrected chi connectivity index (χ0v) is 9.73. The predicted octanol–water partition coefficient (Wildman–Crippen LogP) is 1.13. The average Bonchev–Trinajstić information content (AvgIpc) is 2.30. The Morgan fingerprint density at radius 1 is 1.29 bits per heavy atom. The van der Waals surface area contributed by atoms with E-state index in [1.54, 1.807) is 0 Å². The molecule has 0 amide bonds. The Hall–Kier alpha value is -1.94. The number of hydrogen-bond donors (Lipinski definition) is 2. The van der Waals surface area contributed by atoms with Gasteiger partial charge in [-0.15, -0.1) is 0 Å². The molecule has 0 saturated heterocycles. The van der Waals surface area contributed by atoms with E-state index in [4.69, 9.17) is 5.73 Å². The zero-order chi connectivity index (χ0) is 12.3. The zero-order valence-electron chi connectivity index (χ0n) is 9.73. The van der Waals surface area contributed by atoms with E-state index < -0.39 is 0 Å². The molecule has 0 atom stereocenters. The number of H-pyrrole nitrogens is 1. The van der Waals surface area contributed by atoms with Crippen molar-refractivity contribution in [1.29, 1.82) is 0 Å². The highest BCUT2D eigenvalue weighted by molar-refractivity contribution is 5.21. The van der Waals surface area contributed by atoms with Gasteiger partial charge in [0.05, 0.1) is 5.56 Å². The summed E-state index contributed by atoms with van der Waals surface area (Å²) in [6, 6.07) is 9.91. The summed E-state index contributed by atoms with van der Waals surface area (Å²) in [4.78, 5) is 18.8. The Morgan fingerprint density at radius 3 is 2.59 bits per heavy atom. The van der Waals surface area contributed by atoms with Crippen molar-refractivity contribution < 1.29 is 0 Å². The van der Waals surface area contributed by atoms with Gasteiger partial charge in [-0.2, -0.15) is 0 Å². The lowest BCUT2D eigenvalue weighted by Crippen LogP contribution is -2.21. The lowest BCUT2D eigenvalue weighted by molar-refractivity contribution is 0.869. The van der Waals surface area contributed by atoms with Crippen molar-refractivity contribution in [2.24, 2.45) is 5.73 Å². The maximum atomic E-state index is 11.7. The normalized spacial score (nSPS) is 10.5. The average molecular weight is 229 g/mol. The maximum Gasteiger partial charge on any atom is 0.255 e. The van der Waals surface area contributed by atoms with E-state index in [9.17, 15) is 4.79 Å². The monoisotopic (exact) mass is 229 g/mol. The summed E-state index contributed by atoms with van der Waals surface area (Å²) in [5, 5.41) is 0. The smallest absolute Gasteiger partial charge is 0.255 e. The summed E-state index contributed by atoms with van der Waals surface area (Å²) < 4.78 is 0. The van der Waals surface area contributed by atoms with Gasteiger partial charge in [0.2, 0.25) is 0 Å². The van der Waals surface area contributed by atoms with Crippen molar-refractivity contribution in [2.75, 3.05) is 0 Å². The first-order valence-electron chi connectivity index (χ1n) is 5.53. The lowest BCUT2D eigenvalue weighted by atomic mass is 10.1. The van der Waals surface area contributed by atoms with Crippen molar-refractivity contribution in [2.45, 2.75) is 19.9 Å². The standard InChI is InChI=1S/C13H15N3O/c1-9-11(8-14)13(17)16-12(15-9)7-10-5-3-2-4-6-10/h2-6H,7-8,14H2,1H3,(H,15,16,17). The second kappa shape index (κ2) is 4.93. The summed E-state index contributed by atoms with van der Waals surface area (Å²) in [5.41, 5.74) is 7.75. The molecule has 4 nitrogen and oxygen atoms in total. The Labute approximate surface area is 99.5 Å². The summed E-state index contributed by atoms with van der Waals surface area (Å²) in [6.45, 7) is 2.03. The molecule has 2 aromatic rings. The van der Waals surface area contributed by atoms with Crippen LogP contribution in [0.25, 0.3) is 0 Å². The van der Waals surface area contributed by atoms with Crippen LogP contribution in [0.3, 0.4) is 0 Å². The number of nitrogens with one attached hydrogen (secondary N) is 1. The van der Waals surface area contributed by atoms with Crippen LogP contribution in [0, 0.1) is 6.92 Å². The SMILES string of the molecule is Cc1nc(Cc2ccccc2)[nH]c(=O)c1CN. The summed E-state index contributed by atoms with van der Waals surface area (Å²) in [6.07, 6.45) is 0.627. The van der Waals surface area contributed by atoms with E-state index >= 15 is 0 Å². The molecular weight excluding hydrogens is 214 g/mol. The van der Waals surface area contributed by atoms with E-state index in [1.165, 1.54) is 0 Å². The van der Waals surface area contributed by atoms with Crippen molar-refractivity contribution in [3.63, 3.8) is 0 Å². The molecule has 0 unspecified atom stereocenters. The number of aryl methyl sites for hydroxylation is 1. The summed E-state index contributed by atoms with van der Waals surface area (Å²) >= 11 is 0. The van der Waals surface area contributed by atoms with Gasteiger partial charge in [0.1, 0.15) is 5.82 Å². The highest BCUT2D eigenvalue weighted by Gasteiger charge is 2.06. The van der Waals surface area contributed by atoms with Crippen LogP contribution in [0.15, 0.2) is 35.1 Å². The highest BCUT2D eigenvalue weighted by atomic mass is 16.1. The van der Waals surface area contributed by atoms with Gasteiger partial charge in [0.25, 0.3) is 5.56 Å². The van der Waals surface area contributed by atoms with Crippen LogP contribution < -0.4 is 11.3 Å². The third kappa shape index (κ3) is 2.60. The first kappa shape index (κ1) is 11.5. The van der Waals surface area contributed by atoms with Gasteiger partial charge in [-0.05, 0) is 12.5 Å². The minimum Gasteiger partial charge on any atom is -0.326 e. The Balaban J connectivity index is 2.32. The largest absolute Gasteiger partial charge is 0.326 e. The Bertz CT molecular complexity index is 561. The first-order chi connectivity index (χ1) is 8.20. The highest BCUT2D eigenvalue weighted by Crippen LogP contribution is 2.05. The van der Waals surface area contributed by atoms with Crippen LogP contribution >= 0.6 is 0 Å². The topological polar surface area (TPSA) is 71.8 Å². The molecule has 0 spiro atoms. The molecule has 1 heterocycles. The van der Waals surface area contributed by atoms with Gasteiger partial charge in [-0.25, -0.2) is 4.98 Å². The fourth-order valence-electron chi connectivity index (χ4n) is 1.78. The van der Waals surface area contributed by atoms with Gasteiger partial charge in [-0.3, -0.25) is 4.79 Å². The molecule has 0 saturated carbocycles. The summed E-state index contributed by atoms with van der Waals surface area (Å²) in [7, 11) is 0. The number of nitrogens with two attached hydrogens (primary N) is 1. The molecule has 88 valence electrons. The summed E-state index contributed by atoms with van der Waals surface area (Å²) in [5.74, 6) is 0.677. The number of hydrogen-bond acceptors (Lipinski definition) is 3. The second-order valence-corrected chi connectivity index (χ2v) is 3.94. The third-order valence-electron chi connectivity index (χ3n) is 2.69. The number of aromatic nitrogens is 2. The molecule has 0 radical (unpaired) electrons. The Kier molecular flexibility index (Phi) is 3.35. The molecule has 0 aliphatic carbocycles. The predicted molar refractivity (Wildman–Crippen MR) is 66.7 cm³/mol. The van der Waals surface area contributed by atoms with Crippen LogP contribution in [0.2, 0.25) is 0 Å². The molecular formula is C13H15N3O. The van der Waals surface area contributed by atoms with E-state index in [0.717, 1.165) is 5.56 Å².